The molecule has 0 aliphatic rings. The number of rotatable bonds is 3. The lowest BCUT2D eigenvalue weighted by molar-refractivity contribution is 0.155. The molecule has 6 N–H and O–H groups in total. The van der Waals surface area contributed by atoms with Gasteiger partial charge in [-0.3, -0.25) is 11.7 Å². The molecule has 4 heteroatoms. The lowest BCUT2D eigenvalue weighted by Crippen LogP contribution is -2.07. The van der Waals surface area contributed by atoms with Gasteiger partial charge in [0.25, 0.3) is 0 Å². The molecule has 0 radical (unpaired) electrons. The first-order valence-corrected chi connectivity index (χ1v) is 2.53. The van der Waals surface area contributed by atoms with Crippen LogP contribution in [0.3, 0.4) is 0 Å². The average molecular weight is 121 g/mol. The van der Waals surface area contributed by atoms with Gasteiger partial charge in [0, 0.05) is 13.2 Å². The maximum absolute atomic E-state index is 5.09. The predicted molar refractivity (Wildman–Crippen MR) is 33.9 cm³/mol. The Morgan fingerprint density at radius 2 is 1.88 bits per heavy atom. The summed E-state index contributed by atoms with van der Waals surface area (Å²) < 4.78 is 4.86. The van der Waals surface area contributed by atoms with Gasteiger partial charge in [-0.15, -0.1) is 0 Å². The first-order valence-electron chi connectivity index (χ1n) is 2.53. The van der Waals surface area contributed by atoms with E-state index in [2.05, 4.69) is 11.7 Å². The highest BCUT2D eigenvalue weighted by atomic mass is 16.5. The van der Waals surface area contributed by atoms with Crippen molar-refractivity contribution in [3.63, 3.8) is 0 Å². The first-order chi connectivity index (χ1) is 3.91. The van der Waals surface area contributed by atoms with Crippen molar-refractivity contribution >= 4 is 0 Å². The Morgan fingerprint density at radius 1 is 1.38 bits per heavy atom. The van der Waals surface area contributed by atoms with Crippen LogP contribution in [-0.4, -0.2) is 19.8 Å². The molecule has 0 saturated heterocycles. The summed E-state index contributed by atoms with van der Waals surface area (Å²) in [6.07, 6.45) is 0. The zero-order chi connectivity index (χ0) is 6.83. The zero-order valence-corrected chi connectivity index (χ0v) is 5.26. The SMILES string of the molecule is CCOCCN.NN. The van der Waals surface area contributed by atoms with Gasteiger partial charge >= 0.3 is 0 Å². The van der Waals surface area contributed by atoms with E-state index in [9.17, 15) is 0 Å². The van der Waals surface area contributed by atoms with E-state index in [1.165, 1.54) is 0 Å². The van der Waals surface area contributed by atoms with Crippen molar-refractivity contribution in [2.24, 2.45) is 17.4 Å². The van der Waals surface area contributed by atoms with Crippen molar-refractivity contribution in [3.8, 4) is 0 Å². The Labute approximate surface area is 49.9 Å². The second-order valence-corrected chi connectivity index (χ2v) is 0.986. The van der Waals surface area contributed by atoms with Crippen LogP contribution in [0.5, 0.6) is 0 Å². The van der Waals surface area contributed by atoms with Gasteiger partial charge in [-0.05, 0) is 6.92 Å². The van der Waals surface area contributed by atoms with Gasteiger partial charge in [-0.2, -0.15) is 0 Å². The van der Waals surface area contributed by atoms with Crippen molar-refractivity contribution in [3.05, 3.63) is 0 Å². The fraction of sp³-hybridized carbons (Fsp3) is 1.00. The van der Waals surface area contributed by atoms with E-state index in [1.807, 2.05) is 6.92 Å². The quantitative estimate of drug-likeness (QED) is 0.249. The monoisotopic (exact) mass is 121 g/mol. The van der Waals surface area contributed by atoms with Gasteiger partial charge in [0.05, 0.1) is 6.61 Å². The molecular weight excluding hydrogens is 106 g/mol. The molecule has 0 rings (SSSR count). The van der Waals surface area contributed by atoms with E-state index in [1.54, 1.807) is 0 Å². The average Bonchev–Trinajstić information content (AvgIpc) is 1.88. The summed E-state index contributed by atoms with van der Waals surface area (Å²) in [7, 11) is 0. The third-order valence-electron chi connectivity index (χ3n) is 0.466. The van der Waals surface area contributed by atoms with Crippen LogP contribution in [0.4, 0.5) is 0 Å². The van der Waals surface area contributed by atoms with E-state index in [0.717, 1.165) is 6.61 Å². The van der Waals surface area contributed by atoms with E-state index in [0.29, 0.717) is 13.2 Å². The Kier molecular flexibility index (Phi) is 21.3. The molecule has 4 nitrogen and oxygen atoms in total. The van der Waals surface area contributed by atoms with Crippen LogP contribution in [0.2, 0.25) is 0 Å². The summed E-state index contributed by atoms with van der Waals surface area (Å²) >= 11 is 0. The highest BCUT2D eigenvalue weighted by molar-refractivity contribution is 4.25. The van der Waals surface area contributed by atoms with Crippen molar-refractivity contribution in [2.45, 2.75) is 6.92 Å². The van der Waals surface area contributed by atoms with Crippen LogP contribution in [0, 0.1) is 0 Å². The fourth-order valence-corrected chi connectivity index (χ4v) is 0.228. The zero-order valence-electron chi connectivity index (χ0n) is 5.26. The minimum Gasteiger partial charge on any atom is -0.380 e. The van der Waals surface area contributed by atoms with Gasteiger partial charge in [0.1, 0.15) is 0 Å². The molecule has 0 atom stereocenters. The first kappa shape index (κ1) is 10.8. The fourth-order valence-electron chi connectivity index (χ4n) is 0.228. The van der Waals surface area contributed by atoms with Gasteiger partial charge in [0.2, 0.25) is 0 Å². The topological polar surface area (TPSA) is 87.3 Å². The second-order valence-electron chi connectivity index (χ2n) is 0.986. The van der Waals surface area contributed by atoms with E-state index >= 15 is 0 Å². The second kappa shape index (κ2) is 15.8. The smallest absolute Gasteiger partial charge is 0.0588 e. The molecule has 0 aromatic carbocycles. The molecule has 0 unspecified atom stereocenters. The van der Waals surface area contributed by atoms with Gasteiger partial charge in [0.15, 0.2) is 0 Å². The molecule has 0 bridgehead atoms. The number of nitrogens with two attached hydrogens (primary N) is 3. The van der Waals surface area contributed by atoms with E-state index < -0.39 is 0 Å². The largest absolute Gasteiger partial charge is 0.380 e. The third kappa shape index (κ3) is 17.0. The van der Waals surface area contributed by atoms with Gasteiger partial charge in [-0.1, -0.05) is 0 Å². The summed E-state index contributed by atoms with van der Waals surface area (Å²) in [6.45, 7) is 4.05. The molecule has 8 heavy (non-hydrogen) atoms. The molecule has 0 fully saturated rings. The summed E-state index contributed by atoms with van der Waals surface area (Å²) in [5, 5.41) is 0. The van der Waals surface area contributed by atoms with Crippen molar-refractivity contribution < 1.29 is 4.74 Å². The van der Waals surface area contributed by atoms with E-state index in [-0.39, 0.29) is 0 Å². The summed E-state index contributed by atoms with van der Waals surface area (Å²) in [6, 6.07) is 0. The normalized spacial score (nSPS) is 7.50. The molecule has 0 aromatic rings. The van der Waals surface area contributed by atoms with Crippen molar-refractivity contribution in [1.29, 1.82) is 0 Å². The summed E-state index contributed by atoms with van der Waals surface area (Å²) in [5.41, 5.74) is 5.09. The Balaban J connectivity index is 0. The van der Waals surface area contributed by atoms with Crippen LogP contribution in [0.1, 0.15) is 6.92 Å². The maximum atomic E-state index is 5.09. The van der Waals surface area contributed by atoms with Crippen molar-refractivity contribution in [2.75, 3.05) is 19.8 Å². The molecule has 52 valence electrons. The van der Waals surface area contributed by atoms with Crippen LogP contribution in [0.25, 0.3) is 0 Å². The third-order valence-corrected chi connectivity index (χ3v) is 0.466. The molecule has 0 amide bonds. The Hall–Kier alpha value is -0.160. The summed E-state index contributed by atoms with van der Waals surface area (Å²) in [4.78, 5) is 0. The summed E-state index contributed by atoms with van der Waals surface area (Å²) in [5.74, 6) is 8.00. The number of ether oxygens (including phenoxy) is 1. The molecule has 0 aromatic heterocycles. The number of hydrogen-bond acceptors (Lipinski definition) is 4. The molecule has 0 aliphatic carbocycles. The highest BCUT2D eigenvalue weighted by Gasteiger charge is 1.72. The molecule has 0 spiro atoms. The minimum absolute atomic E-state index is 0.633. The molecule has 0 saturated carbocycles. The lowest BCUT2D eigenvalue weighted by Gasteiger charge is -1.91. The van der Waals surface area contributed by atoms with E-state index in [4.69, 9.17) is 10.5 Å². The number of hydrogen-bond donors (Lipinski definition) is 3. The van der Waals surface area contributed by atoms with Crippen LogP contribution in [-0.2, 0) is 4.74 Å². The van der Waals surface area contributed by atoms with Gasteiger partial charge < -0.3 is 10.5 Å². The van der Waals surface area contributed by atoms with Crippen LogP contribution < -0.4 is 17.4 Å². The highest BCUT2D eigenvalue weighted by Crippen LogP contribution is 1.64. The van der Waals surface area contributed by atoms with Gasteiger partial charge in [-0.25, -0.2) is 0 Å². The lowest BCUT2D eigenvalue weighted by atomic mass is 10.7. The predicted octanol–water partition coefficient (Wildman–Crippen LogP) is -1.20. The molecule has 0 aliphatic heterocycles. The van der Waals surface area contributed by atoms with Crippen LogP contribution >= 0.6 is 0 Å². The maximum Gasteiger partial charge on any atom is 0.0588 e. The molecular formula is C4H15N3O. The standard InChI is InChI=1S/C4H11NO.H4N2/c1-2-6-4-3-5;1-2/h2-5H2,1H3;1-2H2. The van der Waals surface area contributed by atoms with Crippen LogP contribution in [0.15, 0.2) is 0 Å². The van der Waals surface area contributed by atoms with Crippen molar-refractivity contribution in [1.82, 2.24) is 0 Å². The Morgan fingerprint density at radius 3 is 2.00 bits per heavy atom. The number of hydrazine groups is 1. The molecule has 0 heterocycles. The minimum atomic E-state index is 0.633. The Bertz CT molecular complexity index is 23.2.